The summed E-state index contributed by atoms with van der Waals surface area (Å²) in [6, 6.07) is 7.58. The molecule has 5 aliphatic rings. The van der Waals surface area contributed by atoms with E-state index in [2.05, 4.69) is 4.90 Å². The number of halogens is 5. The molecule has 42 heavy (non-hydrogen) atoms. The minimum atomic E-state index is -5.88. The molecule has 1 aliphatic heterocycles. The van der Waals surface area contributed by atoms with Gasteiger partial charge in [-0.05, 0) is 78.7 Å². The Morgan fingerprint density at radius 2 is 1.67 bits per heavy atom. The quantitative estimate of drug-likeness (QED) is 0.439. The molecule has 0 aromatic heterocycles. The predicted molar refractivity (Wildman–Crippen MR) is 147 cm³/mol. The van der Waals surface area contributed by atoms with E-state index >= 15 is 8.78 Å². The minimum Gasteiger partial charge on any atom is -0.383 e. The molecule has 5 atom stereocenters. The summed E-state index contributed by atoms with van der Waals surface area (Å²) in [5, 5.41) is 11.4. The first-order valence-electron chi connectivity index (χ1n) is 14.7. The summed E-state index contributed by atoms with van der Waals surface area (Å²) in [6.45, 7) is 2.84. The van der Waals surface area contributed by atoms with Gasteiger partial charge in [0.1, 0.15) is 5.60 Å². The highest BCUT2D eigenvalue weighted by molar-refractivity contribution is 7.91. The van der Waals surface area contributed by atoms with Gasteiger partial charge in [-0.1, -0.05) is 36.8 Å². The van der Waals surface area contributed by atoms with Crippen molar-refractivity contribution < 1.29 is 40.3 Å². The van der Waals surface area contributed by atoms with Gasteiger partial charge in [0.15, 0.2) is 15.6 Å². The van der Waals surface area contributed by atoms with Crippen LogP contribution in [-0.2, 0) is 21.2 Å². The van der Waals surface area contributed by atoms with Crippen LogP contribution in [0.5, 0.6) is 0 Å². The van der Waals surface area contributed by atoms with E-state index in [-0.39, 0.29) is 36.0 Å². The lowest BCUT2D eigenvalue weighted by molar-refractivity contribution is -0.362. The molecule has 6 rings (SSSR count). The summed E-state index contributed by atoms with van der Waals surface area (Å²) in [6.07, 6.45) is -2.86. The van der Waals surface area contributed by atoms with Gasteiger partial charge in [0.2, 0.25) is 0 Å². The summed E-state index contributed by atoms with van der Waals surface area (Å²) in [5.74, 6) is -6.29. The Balaban J connectivity index is 1.39. The van der Waals surface area contributed by atoms with Crippen LogP contribution in [-0.4, -0.2) is 66.5 Å². The summed E-state index contributed by atoms with van der Waals surface area (Å²) < 4.78 is 95.1. The van der Waals surface area contributed by atoms with Crippen LogP contribution in [0.1, 0.15) is 68.9 Å². The molecule has 4 aliphatic carbocycles. The lowest BCUT2D eigenvalue weighted by atomic mass is 9.50. The highest BCUT2D eigenvalue weighted by Crippen LogP contribution is 2.70. The van der Waals surface area contributed by atoms with E-state index in [0.29, 0.717) is 45.3 Å². The normalized spacial score (nSPS) is 35.4. The summed E-state index contributed by atoms with van der Waals surface area (Å²) in [7, 11) is -3.01. The van der Waals surface area contributed by atoms with E-state index in [0.717, 1.165) is 27.8 Å². The largest absolute Gasteiger partial charge is 0.456 e. The van der Waals surface area contributed by atoms with Crippen molar-refractivity contribution in [1.82, 2.24) is 4.90 Å². The van der Waals surface area contributed by atoms with E-state index in [1.165, 1.54) is 6.92 Å². The van der Waals surface area contributed by atoms with Crippen LogP contribution in [0.25, 0.3) is 0 Å². The zero-order valence-corrected chi connectivity index (χ0v) is 24.3. The summed E-state index contributed by atoms with van der Waals surface area (Å²) in [4.78, 5) is 14.3. The number of hydrogen-bond donors (Lipinski definition) is 1. The van der Waals surface area contributed by atoms with E-state index in [1.807, 2.05) is 24.3 Å². The summed E-state index contributed by atoms with van der Waals surface area (Å²) in [5.41, 5.74) is -0.169. The van der Waals surface area contributed by atoms with Crippen molar-refractivity contribution in [2.75, 3.05) is 24.6 Å². The Kier molecular flexibility index (Phi) is 7.10. The number of sulfone groups is 1. The zero-order chi connectivity index (χ0) is 30.3. The molecule has 5 nitrogen and oxygen atoms in total. The van der Waals surface area contributed by atoms with Crippen LogP contribution >= 0.6 is 0 Å². The topological polar surface area (TPSA) is 74.7 Å². The maximum Gasteiger partial charge on any atom is 0.456 e. The van der Waals surface area contributed by atoms with Crippen molar-refractivity contribution in [3.05, 3.63) is 58.2 Å². The second-order valence-corrected chi connectivity index (χ2v) is 15.4. The van der Waals surface area contributed by atoms with Gasteiger partial charge in [-0.25, -0.2) is 8.42 Å². The average molecular weight is 614 g/mol. The van der Waals surface area contributed by atoms with Crippen molar-refractivity contribution >= 4 is 15.6 Å². The Morgan fingerprint density at radius 1 is 1.00 bits per heavy atom. The number of nitrogens with zero attached hydrogens (tertiary/aromatic N) is 1. The molecule has 2 unspecified atom stereocenters. The fourth-order valence-electron chi connectivity index (χ4n) is 8.74. The number of carbonyl (C=O) groups excluding carboxylic acids is 1. The third kappa shape index (κ3) is 4.60. The molecule has 1 aromatic carbocycles. The van der Waals surface area contributed by atoms with Gasteiger partial charge in [-0.2, -0.15) is 22.0 Å². The number of aliphatic hydroxyl groups is 1. The standard InChI is InChI=1S/C31H36F5NO4S/c1-28-17-25(20-4-2-19(3-5-20)18-37-12-14-42(40,41)15-13-37)27-23-9-7-22(38)16-21(23)6-8-24(27)26(28)10-11-29(28,39)30(32,33)31(34,35)36/h2-5,16,24-26,39H,6-15,17-18H2,1H3/t24?,25-,26?,28+,29+/m1/s1. The first-order valence-corrected chi connectivity index (χ1v) is 16.5. The summed E-state index contributed by atoms with van der Waals surface area (Å²) >= 11 is 0. The molecule has 1 heterocycles. The monoisotopic (exact) mass is 613 g/mol. The SMILES string of the molecule is C[C@]12C[C@H](c3ccc(CN4CCS(=O)(=O)CC4)cc3)C3=C4CCC(=O)C=C4CCC3C1CC[C@@]2(O)C(F)(F)C(F)(F)F. The number of benzene rings is 1. The van der Waals surface area contributed by atoms with Crippen molar-refractivity contribution in [1.29, 1.82) is 0 Å². The van der Waals surface area contributed by atoms with Crippen LogP contribution < -0.4 is 0 Å². The molecule has 0 spiro atoms. The first-order chi connectivity index (χ1) is 19.6. The van der Waals surface area contributed by atoms with E-state index in [4.69, 9.17) is 0 Å². The van der Waals surface area contributed by atoms with Gasteiger partial charge in [-0.3, -0.25) is 9.69 Å². The van der Waals surface area contributed by atoms with Crippen molar-refractivity contribution in [2.45, 2.75) is 82.0 Å². The number of alkyl halides is 5. The van der Waals surface area contributed by atoms with Gasteiger partial charge < -0.3 is 5.11 Å². The van der Waals surface area contributed by atoms with Gasteiger partial charge in [0.05, 0.1) is 11.5 Å². The highest BCUT2D eigenvalue weighted by atomic mass is 32.2. The number of allylic oxidation sites excluding steroid dienone is 4. The van der Waals surface area contributed by atoms with Gasteiger partial charge in [0.25, 0.3) is 0 Å². The van der Waals surface area contributed by atoms with E-state index in [1.54, 1.807) is 6.08 Å². The number of fused-ring (bicyclic) bond motifs is 4. The van der Waals surface area contributed by atoms with Crippen molar-refractivity contribution in [3.8, 4) is 0 Å². The number of hydrogen-bond acceptors (Lipinski definition) is 5. The minimum absolute atomic E-state index is 0.0416. The number of ketones is 1. The van der Waals surface area contributed by atoms with Gasteiger partial charge in [0, 0.05) is 37.4 Å². The third-order valence-electron chi connectivity index (χ3n) is 11.0. The van der Waals surface area contributed by atoms with Crippen molar-refractivity contribution in [3.63, 3.8) is 0 Å². The van der Waals surface area contributed by atoms with Crippen LogP contribution in [0.3, 0.4) is 0 Å². The molecule has 3 fully saturated rings. The van der Waals surface area contributed by atoms with Gasteiger partial charge in [-0.15, -0.1) is 0 Å². The molecular weight excluding hydrogens is 577 g/mol. The number of carbonyl (C=O) groups is 1. The average Bonchev–Trinajstić information content (AvgIpc) is 3.20. The fourth-order valence-corrected chi connectivity index (χ4v) is 10.0. The van der Waals surface area contributed by atoms with Crippen LogP contribution in [0, 0.1) is 17.3 Å². The molecule has 11 heteroatoms. The highest BCUT2D eigenvalue weighted by Gasteiger charge is 2.79. The smallest absolute Gasteiger partial charge is 0.383 e. The Morgan fingerprint density at radius 3 is 2.31 bits per heavy atom. The molecule has 0 amide bonds. The second kappa shape index (κ2) is 9.95. The zero-order valence-electron chi connectivity index (χ0n) is 23.5. The lowest BCUT2D eigenvalue weighted by Crippen LogP contribution is -2.65. The van der Waals surface area contributed by atoms with Crippen LogP contribution in [0.15, 0.2) is 47.1 Å². The molecule has 0 bridgehead atoms. The Bertz CT molecular complexity index is 1440. The van der Waals surface area contributed by atoms with E-state index in [9.17, 15) is 31.5 Å². The third-order valence-corrected chi connectivity index (χ3v) is 12.6. The van der Waals surface area contributed by atoms with E-state index < -0.39 is 51.2 Å². The Hall–Kier alpha value is -2.11. The lowest BCUT2D eigenvalue weighted by Gasteiger charge is -2.56. The van der Waals surface area contributed by atoms with Crippen molar-refractivity contribution in [2.24, 2.45) is 17.3 Å². The molecule has 1 N–H and O–H groups in total. The fraction of sp³-hybridized carbons (Fsp3) is 0.645. The van der Waals surface area contributed by atoms with Crippen LogP contribution in [0.2, 0.25) is 0 Å². The molecule has 0 radical (unpaired) electrons. The molecule has 1 saturated heterocycles. The first kappa shape index (κ1) is 29.9. The van der Waals surface area contributed by atoms with Crippen LogP contribution in [0.4, 0.5) is 22.0 Å². The maximum absolute atomic E-state index is 15.1. The molecule has 2 saturated carbocycles. The maximum atomic E-state index is 15.1. The second-order valence-electron chi connectivity index (χ2n) is 13.1. The molecule has 230 valence electrons. The number of rotatable bonds is 4. The molecule has 1 aromatic rings. The Labute approximate surface area is 242 Å². The van der Waals surface area contributed by atoms with Gasteiger partial charge >= 0.3 is 12.1 Å². The predicted octanol–water partition coefficient (Wildman–Crippen LogP) is 5.75. The molecular formula is C31H36F5NO4S.